The van der Waals surface area contributed by atoms with Gasteiger partial charge in [0.25, 0.3) is 0 Å². The molecule has 5 atom stereocenters. The van der Waals surface area contributed by atoms with E-state index in [1.807, 2.05) is 66.7 Å². The maximum atomic E-state index is 6.98. The van der Waals surface area contributed by atoms with Crippen LogP contribution < -0.4 is 0 Å². The van der Waals surface area contributed by atoms with Gasteiger partial charge in [-0.2, -0.15) is 0 Å². The number of hydrogen-bond donors (Lipinski definition) is 0. The van der Waals surface area contributed by atoms with E-state index in [1.54, 1.807) is 7.11 Å². The van der Waals surface area contributed by atoms with Crippen molar-refractivity contribution in [2.75, 3.05) is 13.7 Å². The van der Waals surface area contributed by atoms with Crippen LogP contribution in [0.4, 0.5) is 0 Å². The molecule has 1 aliphatic rings. The Balaban J connectivity index is 1.68. The Kier molecular flexibility index (Phi) is 13.6. The summed E-state index contributed by atoms with van der Waals surface area (Å²) in [5.74, 6) is 0. The van der Waals surface area contributed by atoms with Crippen LogP contribution in [0.1, 0.15) is 65.2 Å². The van der Waals surface area contributed by atoms with Crippen molar-refractivity contribution < 1.29 is 32.5 Å². The van der Waals surface area contributed by atoms with E-state index in [9.17, 15) is 0 Å². The fourth-order valence-corrected chi connectivity index (χ4v) is 9.94. The van der Waals surface area contributed by atoms with Crippen LogP contribution in [-0.2, 0) is 52.4 Å². The minimum atomic E-state index is -2.74. The van der Waals surface area contributed by atoms with Crippen molar-refractivity contribution >= 4 is 8.56 Å². The molecule has 0 N–H and O–H groups in total. The van der Waals surface area contributed by atoms with Gasteiger partial charge in [-0.25, -0.2) is 0 Å². The molecule has 4 rings (SSSR count). The molecule has 1 aliphatic heterocycles. The van der Waals surface area contributed by atoms with E-state index >= 15 is 0 Å². The second-order valence-corrected chi connectivity index (χ2v) is 17.9. The highest BCUT2D eigenvalue weighted by atomic mass is 28.4. The SMILES string of the molecule is CO[C@H]1O[C@H](CO[Si](OC(C)(C)C)(C(C)C)C(C)C)[C@@H](OCc2ccccc2)[C@H](OCc2ccccc2)[C@H]1OCc1ccccc1. The Bertz CT molecular complexity index is 1260. The van der Waals surface area contributed by atoms with E-state index in [-0.39, 0.29) is 23.3 Å². The summed E-state index contributed by atoms with van der Waals surface area (Å²) in [5.41, 5.74) is 3.24. The van der Waals surface area contributed by atoms with Gasteiger partial charge in [-0.05, 0) is 48.5 Å². The van der Waals surface area contributed by atoms with Gasteiger partial charge in [-0.1, -0.05) is 119 Å². The van der Waals surface area contributed by atoms with E-state index in [0.29, 0.717) is 19.8 Å². The van der Waals surface area contributed by atoms with Crippen LogP contribution in [0.15, 0.2) is 91.0 Å². The molecule has 3 aromatic rings. The zero-order chi connectivity index (χ0) is 33.2. The minimum absolute atomic E-state index is 0.212. The lowest BCUT2D eigenvalue weighted by molar-refractivity contribution is -0.321. The van der Waals surface area contributed by atoms with Gasteiger partial charge in [0.1, 0.15) is 24.4 Å². The normalized spacial score (nSPS) is 22.4. The van der Waals surface area contributed by atoms with Crippen molar-refractivity contribution in [3.63, 3.8) is 0 Å². The summed E-state index contributed by atoms with van der Waals surface area (Å²) in [7, 11) is -1.09. The van der Waals surface area contributed by atoms with Crippen molar-refractivity contribution in [1.29, 1.82) is 0 Å². The van der Waals surface area contributed by atoms with Gasteiger partial charge in [0.15, 0.2) is 6.29 Å². The predicted octanol–water partition coefficient (Wildman–Crippen LogP) is 8.21. The highest BCUT2D eigenvalue weighted by Gasteiger charge is 2.52. The van der Waals surface area contributed by atoms with Crippen LogP contribution in [-0.4, -0.2) is 58.6 Å². The van der Waals surface area contributed by atoms with Crippen LogP contribution >= 0.6 is 0 Å². The molecule has 1 saturated heterocycles. The zero-order valence-corrected chi connectivity index (χ0v) is 29.9. The molecule has 0 radical (unpaired) electrons. The van der Waals surface area contributed by atoms with Crippen molar-refractivity contribution in [3.05, 3.63) is 108 Å². The molecule has 0 saturated carbocycles. The molecule has 0 bridgehead atoms. The summed E-state index contributed by atoms with van der Waals surface area (Å²) in [4.78, 5) is 0. The molecule has 1 heterocycles. The Morgan fingerprint density at radius 3 is 1.43 bits per heavy atom. The molecular formula is C38H54O7Si. The summed E-state index contributed by atoms with van der Waals surface area (Å²) in [6, 6.07) is 30.4. The van der Waals surface area contributed by atoms with E-state index in [1.165, 1.54) is 0 Å². The van der Waals surface area contributed by atoms with E-state index in [2.05, 4.69) is 72.7 Å². The number of benzene rings is 3. The molecule has 252 valence electrons. The number of hydrogen-bond acceptors (Lipinski definition) is 7. The molecule has 3 aromatic carbocycles. The molecule has 0 aromatic heterocycles. The van der Waals surface area contributed by atoms with Crippen molar-refractivity contribution in [2.45, 2.75) is 116 Å². The predicted molar refractivity (Wildman–Crippen MR) is 183 cm³/mol. The van der Waals surface area contributed by atoms with E-state index < -0.39 is 39.3 Å². The van der Waals surface area contributed by atoms with Crippen molar-refractivity contribution in [2.24, 2.45) is 0 Å². The lowest BCUT2D eigenvalue weighted by Gasteiger charge is -2.47. The van der Waals surface area contributed by atoms with E-state index in [4.69, 9.17) is 32.5 Å². The topological polar surface area (TPSA) is 64.6 Å². The molecular weight excluding hydrogens is 596 g/mol. The second kappa shape index (κ2) is 17.1. The molecule has 0 unspecified atom stereocenters. The van der Waals surface area contributed by atoms with E-state index in [0.717, 1.165) is 16.7 Å². The third-order valence-electron chi connectivity index (χ3n) is 8.23. The quantitative estimate of drug-likeness (QED) is 0.145. The zero-order valence-electron chi connectivity index (χ0n) is 28.9. The molecule has 8 heteroatoms. The molecule has 46 heavy (non-hydrogen) atoms. The summed E-state index contributed by atoms with van der Waals surface area (Å²) in [5, 5.41) is 0. The van der Waals surface area contributed by atoms with Gasteiger partial charge in [-0.15, -0.1) is 0 Å². The first-order chi connectivity index (χ1) is 22.0. The standard InChI is InChI=1S/C38H54O7Si/c1-28(2)46(29(3)4,45-38(5,6)7)43-27-33-34(40-24-30-18-12-9-13-19-30)35(41-25-31-20-14-10-15-21-31)36(37(39-8)44-33)42-26-32-22-16-11-17-23-32/h9-23,28-29,33-37H,24-27H2,1-8H3/t33-,34-,35+,36-,37+/m1/s1. The van der Waals surface area contributed by atoms with Gasteiger partial charge < -0.3 is 32.5 Å². The molecule has 0 spiro atoms. The Morgan fingerprint density at radius 2 is 1.04 bits per heavy atom. The fraction of sp³-hybridized carbons (Fsp3) is 0.526. The number of methoxy groups -OCH3 is 1. The molecule has 0 aliphatic carbocycles. The van der Waals surface area contributed by atoms with Gasteiger partial charge >= 0.3 is 8.56 Å². The van der Waals surface area contributed by atoms with Gasteiger partial charge in [0, 0.05) is 7.11 Å². The van der Waals surface area contributed by atoms with Crippen LogP contribution in [0.5, 0.6) is 0 Å². The van der Waals surface area contributed by atoms with Crippen molar-refractivity contribution in [1.82, 2.24) is 0 Å². The molecule has 1 fully saturated rings. The summed E-state index contributed by atoms with van der Waals surface area (Å²) in [6.07, 6.45) is -2.80. The first-order valence-electron chi connectivity index (χ1n) is 16.5. The monoisotopic (exact) mass is 650 g/mol. The van der Waals surface area contributed by atoms with Crippen molar-refractivity contribution in [3.8, 4) is 0 Å². The molecule has 7 nitrogen and oxygen atoms in total. The number of ether oxygens (including phenoxy) is 5. The average Bonchev–Trinajstić information content (AvgIpc) is 3.04. The van der Waals surface area contributed by atoms with Gasteiger partial charge in [0.2, 0.25) is 0 Å². The second-order valence-electron chi connectivity index (χ2n) is 13.6. The summed E-state index contributed by atoms with van der Waals surface area (Å²) >= 11 is 0. The Labute approximate surface area is 277 Å². The first kappa shape index (κ1) is 36.4. The van der Waals surface area contributed by atoms with Gasteiger partial charge in [-0.3, -0.25) is 0 Å². The lowest BCUT2D eigenvalue weighted by Crippen LogP contribution is -2.63. The maximum absolute atomic E-state index is 6.98. The average molecular weight is 651 g/mol. The summed E-state index contributed by atoms with van der Waals surface area (Å²) < 4.78 is 46.6. The number of rotatable bonds is 16. The smallest absolute Gasteiger partial charge is 0.343 e. The van der Waals surface area contributed by atoms with Crippen LogP contribution in [0, 0.1) is 0 Å². The Hall–Kier alpha value is -2.40. The van der Waals surface area contributed by atoms with Crippen LogP contribution in [0.3, 0.4) is 0 Å². The first-order valence-corrected chi connectivity index (χ1v) is 18.5. The highest BCUT2D eigenvalue weighted by molar-refractivity contribution is 6.70. The lowest BCUT2D eigenvalue weighted by atomic mass is 9.98. The highest BCUT2D eigenvalue weighted by Crippen LogP contribution is 2.39. The minimum Gasteiger partial charge on any atom is -0.391 e. The fourth-order valence-electron chi connectivity index (χ4n) is 6.03. The largest absolute Gasteiger partial charge is 0.391 e. The van der Waals surface area contributed by atoms with Gasteiger partial charge in [0.05, 0.1) is 32.0 Å². The van der Waals surface area contributed by atoms with Crippen LogP contribution in [0.2, 0.25) is 11.1 Å². The Morgan fingerprint density at radius 1 is 0.630 bits per heavy atom. The third-order valence-corrected chi connectivity index (χ3v) is 13.0. The van der Waals surface area contributed by atoms with Crippen LogP contribution in [0.25, 0.3) is 0 Å². The molecule has 0 amide bonds. The maximum Gasteiger partial charge on any atom is 0.343 e. The summed E-state index contributed by atoms with van der Waals surface area (Å²) in [6.45, 7) is 16.5. The third kappa shape index (κ3) is 10.0.